The lowest BCUT2D eigenvalue weighted by molar-refractivity contribution is -0.137. The standard InChI is InChI=1S/C47H56ClN10O8P/c1-65-38-29-31(16-17-34(38)51-47-49-30-33(48)43(53-47)50-35-12-7-8-14-39(35)67(2,3)64)54-20-24-56(25-21-54)57-26-22-55(23-27-57)41(60)15-6-4-5-9-28-66-37-13-10-11-32-42(37)46(63)58(45(32)62)36-18-19-40(59)52-44(36)61/h7-8,10-14,16-17,29-30,36H,4-6,9,15,18-28H2,1-3H3,(H,52,59,61)(H2,49,50,51,53). The van der Waals surface area contributed by atoms with Crippen molar-refractivity contribution in [3.63, 3.8) is 0 Å². The smallest absolute Gasteiger partial charge is 0.266 e. The van der Waals surface area contributed by atoms with Gasteiger partial charge in [0.2, 0.25) is 23.7 Å². The zero-order chi connectivity index (χ0) is 47.2. The molecule has 67 heavy (non-hydrogen) atoms. The summed E-state index contributed by atoms with van der Waals surface area (Å²) >= 11 is 6.48. The summed E-state index contributed by atoms with van der Waals surface area (Å²) in [6, 6.07) is 17.2. The molecule has 354 valence electrons. The number of carbonyl (C=O) groups excluding carboxylic acids is 5. The number of para-hydroxylation sites is 1. The van der Waals surface area contributed by atoms with Crippen molar-refractivity contribution in [3.05, 3.63) is 83.0 Å². The van der Waals surface area contributed by atoms with Gasteiger partial charge in [-0.25, -0.2) is 15.0 Å². The molecular weight excluding hydrogens is 899 g/mol. The number of benzene rings is 3. The minimum Gasteiger partial charge on any atom is -0.494 e. The quantitative estimate of drug-likeness (QED) is 0.0682. The molecule has 3 N–H and O–H groups in total. The molecule has 20 heteroatoms. The Hall–Kier alpha value is -6.07. The van der Waals surface area contributed by atoms with Crippen LogP contribution in [-0.2, 0) is 18.9 Å². The molecule has 3 aromatic carbocycles. The van der Waals surface area contributed by atoms with Crippen LogP contribution in [0.1, 0.15) is 65.7 Å². The van der Waals surface area contributed by atoms with Crippen molar-refractivity contribution in [2.45, 2.75) is 51.0 Å². The predicted molar refractivity (Wildman–Crippen MR) is 256 cm³/mol. The van der Waals surface area contributed by atoms with Gasteiger partial charge in [0.1, 0.15) is 29.7 Å². The third-order valence-electron chi connectivity index (χ3n) is 12.5. The van der Waals surface area contributed by atoms with Crippen LogP contribution < -0.4 is 35.6 Å². The zero-order valence-electron chi connectivity index (χ0n) is 38.0. The number of fused-ring (bicyclic) bond motifs is 1. The van der Waals surface area contributed by atoms with Crippen molar-refractivity contribution < 1.29 is 38.0 Å². The monoisotopic (exact) mass is 954 g/mol. The SMILES string of the molecule is COc1cc(N2CCN(N3CCN(C(=O)CCCCCCOc4cccc5c4C(=O)N(C4CCC(=O)NC4=O)C5=O)CC3)CC2)ccc1Nc1ncc(Cl)c(Nc2ccccc2P(C)(C)=O)n1. The number of aromatic nitrogens is 2. The van der Waals surface area contributed by atoms with Crippen molar-refractivity contribution in [1.29, 1.82) is 0 Å². The van der Waals surface area contributed by atoms with Gasteiger partial charge in [-0.2, -0.15) is 4.98 Å². The molecule has 0 saturated carbocycles. The first-order chi connectivity index (χ1) is 32.3. The predicted octanol–water partition coefficient (Wildman–Crippen LogP) is 5.49. The van der Waals surface area contributed by atoms with Crippen LogP contribution in [0, 0.1) is 0 Å². The highest BCUT2D eigenvalue weighted by Crippen LogP contribution is 2.39. The fourth-order valence-corrected chi connectivity index (χ4v) is 10.2. The number of hydrogen-bond donors (Lipinski definition) is 3. The Balaban J connectivity index is 0.735. The summed E-state index contributed by atoms with van der Waals surface area (Å²) in [4.78, 5) is 77.8. The molecule has 0 spiro atoms. The summed E-state index contributed by atoms with van der Waals surface area (Å²) < 4.78 is 24.7. The Morgan fingerprint density at radius 3 is 2.30 bits per heavy atom. The number of hydrogen-bond acceptors (Lipinski definition) is 15. The number of amides is 5. The van der Waals surface area contributed by atoms with Crippen LogP contribution in [0.5, 0.6) is 11.5 Å². The van der Waals surface area contributed by atoms with E-state index in [2.05, 4.69) is 40.8 Å². The van der Waals surface area contributed by atoms with E-state index in [4.69, 9.17) is 21.1 Å². The lowest BCUT2D eigenvalue weighted by Crippen LogP contribution is -2.59. The summed E-state index contributed by atoms with van der Waals surface area (Å²) in [5.74, 6) is -0.429. The first kappa shape index (κ1) is 47.4. The summed E-state index contributed by atoms with van der Waals surface area (Å²) in [6.45, 7) is 10.1. The van der Waals surface area contributed by atoms with Gasteiger partial charge in [-0.15, -0.1) is 0 Å². The van der Waals surface area contributed by atoms with Crippen LogP contribution in [0.2, 0.25) is 5.02 Å². The van der Waals surface area contributed by atoms with Crippen molar-refractivity contribution >= 4 is 82.4 Å². The third kappa shape index (κ3) is 10.9. The van der Waals surface area contributed by atoms with E-state index < -0.39 is 36.8 Å². The molecule has 1 atom stereocenters. The van der Waals surface area contributed by atoms with Gasteiger partial charge >= 0.3 is 0 Å². The zero-order valence-corrected chi connectivity index (χ0v) is 39.6. The number of rotatable bonds is 17. The van der Waals surface area contributed by atoms with E-state index >= 15 is 0 Å². The van der Waals surface area contributed by atoms with Crippen LogP contribution in [-0.4, -0.2) is 145 Å². The molecule has 4 aromatic rings. The molecule has 5 amide bonds. The van der Waals surface area contributed by atoms with Gasteiger partial charge in [0.25, 0.3) is 11.8 Å². The number of nitrogens with one attached hydrogen (secondary N) is 3. The Kier molecular flexibility index (Phi) is 14.8. The fraction of sp³-hybridized carbons (Fsp3) is 0.426. The number of imide groups is 2. The number of carbonyl (C=O) groups is 5. The van der Waals surface area contributed by atoms with Gasteiger partial charge in [-0.3, -0.25) is 34.2 Å². The average Bonchev–Trinajstić information content (AvgIpc) is 3.58. The van der Waals surface area contributed by atoms with Gasteiger partial charge < -0.3 is 34.5 Å². The number of unbranched alkanes of at least 4 members (excludes halogenated alkanes) is 3. The molecule has 3 fully saturated rings. The average molecular weight is 955 g/mol. The molecule has 8 rings (SSSR count). The lowest BCUT2D eigenvalue weighted by Gasteiger charge is -2.45. The first-order valence-electron chi connectivity index (χ1n) is 22.7. The molecule has 0 aliphatic carbocycles. The highest BCUT2D eigenvalue weighted by molar-refractivity contribution is 7.70. The van der Waals surface area contributed by atoms with E-state index in [1.165, 1.54) is 6.20 Å². The Labute approximate surface area is 394 Å². The summed E-state index contributed by atoms with van der Waals surface area (Å²) in [5.41, 5.74) is 2.73. The largest absolute Gasteiger partial charge is 0.494 e. The highest BCUT2D eigenvalue weighted by Gasteiger charge is 2.46. The van der Waals surface area contributed by atoms with E-state index in [0.29, 0.717) is 77.5 Å². The van der Waals surface area contributed by atoms with Gasteiger partial charge in [0.15, 0.2) is 5.82 Å². The molecule has 0 radical (unpaired) electrons. The van der Waals surface area contributed by atoms with Crippen molar-refractivity contribution in [1.82, 2.24) is 35.1 Å². The highest BCUT2D eigenvalue weighted by atomic mass is 35.5. The lowest BCUT2D eigenvalue weighted by atomic mass is 10.0. The number of anilines is 5. The molecule has 3 saturated heterocycles. The number of piperidine rings is 1. The van der Waals surface area contributed by atoms with E-state index in [1.807, 2.05) is 47.4 Å². The van der Waals surface area contributed by atoms with E-state index in [1.54, 1.807) is 38.6 Å². The topological polar surface area (TPSA) is 199 Å². The Morgan fingerprint density at radius 1 is 0.836 bits per heavy atom. The summed E-state index contributed by atoms with van der Waals surface area (Å²) in [6.07, 6.45) is 5.31. The number of methoxy groups -OCH3 is 1. The molecule has 4 aliphatic rings. The number of piperazine rings is 2. The van der Waals surface area contributed by atoms with Crippen molar-refractivity contribution in [3.8, 4) is 11.5 Å². The number of halogens is 1. The van der Waals surface area contributed by atoms with Crippen LogP contribution in [0.3, 0.4) is 0 Å². The summed E-state index contributed by atoms with van der Waals surface area (Å²) in [7, 11) is -0.938. The maximum Gasteiger partial charge on any atom is 0.266 e. The van der Waals surface area contributed by atoms with Gasteiger partial charge in [0, 0.05) is 82.3 Å². The Bertz CT molecular complexity index is 2580. The van der Waals surface area contributed by atoms with E-state index in [-0.39, 0.29) is 29.9 Å². The number of hydrazine groups is 1. The van der Waals surface area contributed by atoms with Crippen LogP contribution >= 0.6 is 18.7 Å². The molecule has 4 aliphatic heterocycles. The summed E-state index contributed by atoms with van der Waals surface area (Å²) in [5, 5.41) is 14.5. The first-order valence-corrected chi connectivity index (χ1v) is 25.7. The second kappa shape index (κ2) is 20.8. The number of ether oxygens (including phenoxy) is 2. The maximum atomic E-state index is 13.3. The van der Waals surface area contributed by atoms with E-state index in [9.17, 15) is 28.5 Å². The second-order valence-electron chi connectivity index (χ2n) is 17.3. The van der Waals surface area contributed by atoms with Crippen LogP contribution in [0.25, 0.3) is 0 Å². The fourth-order valence-electron chi connectivity index (χ4n) is 8.93. The van der Waals surface area contributed by atoms with Crippen LogP contribution in [0.15, 0.2) is 66.9 Å². The van der Waals surface area contributed by atoms with Gasteiger partial charge in [-0.1, -0.05) is 42.6 Å². The minimum absolute atomic E-state index is 0.0547. The second-order valence-corrected chi connectivity index (χ2v) is 20.9. The third-order valence-corrected chi connectivity index (χ3v) is 14.3. The maximum absolute atomic E-state index is 13.3. The Morgan fingerprint density at radius 2 is 1.57 bits per heavy atom. The normalized spacial score (nSPS) is 18.2. The molecule has 1 aromatic heterocycles. The van der Waals surface area contributed by atoms with E-state index in [0.717, 1.165) is 69.1 Å². The van der Waals surface area contributed by atoms with Crippen molar-refractivity contribution in [2.24, 2.45) is 0 Å². The van der Waals surface area contributed by atoms with Crippen molar-refractivity contribution in [2.75, 3.05) is 94.9 Å². The number of nitrogens with zero attached hydrogens (tertiary/aromatic N) is 7. The molecule has 1 unspecified atom stereocenters. The molecule has 5 heterocycles. The van der Waals surface area contributed by atoms with Gasteiger partial charge in [0.05, 0.1) is 42.4 Å². The molecular formula is C47H56ClN10O8P. The molecule has 18 nitrogen and oxygen atoms in total. The minimum atomic E-state index is -2.56. The van der Waals surface area contributed by atoms with Gasteiger partial charge in [-0.05, 0) is 69.0 Å². The molecule has 0 bridgehead atoms. The van der Waals surface area contributed by atoms with Crippen LogP contribution in [0.4, 0.5) is 28.8 Å².